The van der Waals surface area contributed by atoms with Crippen molar-refractivity contribution >= 4 is 133 Å². The van der Waals surface area contributed by atoms with Gasteiger partial charge in [0.2, 0.25) is 0 Å². The standard InChI is InChI=1S/C21H42NO5PS.2C20H40NO5PS.C15H31O5PS.C12H28NO3PS.C11H26NO3PS/c1-19(2,3)26-28(24,27-20(4,5)6)29-17-16-25-18(23)21(7,8)12-15-22-13-10-9-11-14-22;2*1-18(2,3)25-27(23,26-19(4,5)6)28-16-24-17(22)20(7,8)12-15-21-13-10-9-11-14-21;1-13(2,3)12(16)18-10-11-22-21(17,19-14(4,5)6)20-15(7,8)9;1-11(2,3)15-17(14,16-12(4,5)6)18-10-9-13(7)8;1-10(2,3)14-16(13,15-11(4,5)6)17-9-12(7)8/h9-17H2,1-8H3;2*9-16H2,1-8H3;10-11H2,1-9H3;9-10H2,1-8H3;9H2,1-8H3. The van der Waals surface area contributed by atoms with Crippen molar-refractivity contribution in [1.82, 2.24) is 24.5 Å². The van der Waals surface area contributed by atoms with E-state index in [2.05, 4.69) is 14.7 Å². The average molecular weight is 2260 g/mol. The highest BCUT2D eigenvalue weighted by Crippen LogP contribution is 2.70. The van der Waals surface area contributed by atoms with Gasteiger partial charge in [-0.1, -0.05) is 19.3 Å². The summed E-state index contributed by atoms with van der Waals surface area (Å²) in [5.74, 6) is 0.854. The van der Waals surface area contributed by atoms with Crippen molar-refractivity contribution in [2.45, 2.75) is 456 Å². The summed E-state index contributed by atoms with van der Waals surface area (Å²) in [5, 5.41) is 0. The van der Waals surface area contributed by atoms with Gasteiger partial charge in [-0.2, -0.15) is 0 Å². The van der Waals surface area contributed by atoms with E-state index in [9.17, 15) is 46.6 Å². The second kappa shape index (κ2) is 62.6. The van der Waals surface area contributed by atoms with Crippen LogP contribution in [0.2, 0.25) is 0 Å². The molecule has 3 aliphatic heterocycles. The molecule has 0 atom stereocenters. The minimum atomic E-state index is -3.48. The maximum Gasteiger partial charge on any atom is 0.393 e. The van der Waals surface area contributed by atoms with Crippen LogP contribution in [0, 0.1) is 21.7 Å². The monoisotopic (exact) mass is 2260 g/mol. The highest BCUT2D eigenvalue weighted by molar-refractivity contribution is 8.56. The number of carbonyl (C=O) groups excluding carboxylic acids is 4. The number of likely N-dealkylation sites (tertiary alicyclic amines) is 3. The molecule has 43 heteroatoms. The molecule has 0 radical (unpaired) electrons. The van der Waals surface area contributed by atoms with Gasteiger partial charge in [0.15, 0.2) is 0 Å². The minimum absolute atomic E-state index is 0.0601. The van der Waals surface area contributed by atoms with E-state index in [4.69, 9.17) is 73.2 Å². The van der Waals surface area contributed by atoms with Crippen LogP contribution in [0.1, 0.15) is 389 Å². The summed E-state index contributed by atoms with van der Waals surface area (Å²) < 4.78 is 167. The van der Waals surface area contributed by atoms with E-state index in [0.717, 1.165) is 136 Å². The molecule has 850 valence electrons. The van der Waals surface area contributed by atoms with E-state index < -0.39 is 130 Å². The van der Waals surface area contributed by atoms with Gasteiger partial charge in [-0.15, -0.1) is 0 Å². The summed E-state index contributed by atoms with van der Waals surface area (Å²) in [6, 6.07) is 0. The van der Waals surface area contributed by atoms with Crippen LogP contribution in [0.5, 0.6) is 0 Å². The van der Waals surface area contributed by atoms with Gasteiger partial charge in [0.1, 0.15) is 25.1 Å². The first-order chi connectivity index (χ1) is 63.1. The Morgan fingerprint density at radius 1 is 0.239 bits per heavy atom. The summed E-state index contributed by atoms with van der Waals surface area (Å²) >= 11 is 6.51. The van der Waals surface area contributed by atoms with Gasteiger partial charge in [0, 0.05) is 46.6 Å². The molecule has 0 spiro atoms. The summed E-state index contributed by atoms with van der Waals surface area (Å²) in [6.07, 6.45) is 13.6. The van der Waals surface area contributed by atoms with Crippen molar-refractivity contribution in [2.75, 3.05) is 142 Å². The second-order valence-electron chi connectivity index (χ2n) is 51.3. The van der Waals surface area contributed by atoms with Crippen LogP contribution in [0.15, 0.2) is 0 Å². The lowest BCUT2D eigenvalue weighted by atomic mass is 9.89. The third-order valence-electron chi connectivity index (χ3n) is 17.6. The van der Waals surface area contributed by atoms with E-state index in [-0.39, 0.29) is 49.0 Å². The number of hydrogen-bond acceptors (Lipinski definition) is 37. The highest BCUT2D eigenvalue weighted by atomic mass is 32.7. The first-order valence-electron chi connectivity index (χ1n) is 50.2. The predicted molar refractivity (Wildman–Crippen MR) is 602 cm³/mol. The molecule has 3 heterocycles. The van der Waals surface area contributed by atoms with E-state index >= 15 is 0 Å². The third-order valence-corrected chi connectivity index (χ3v) is 41.9. The van der Waals surface area contributed by atoms with Gasteiger partial charge in [0.05, 0.1) is 94.7 Å². The Morgan fingerprint density at radius 3 is 0.613 bits per heavy atom. The first kappa shape index (κ1) is 147. The minimum Gasteiger partial charge on any atom is -0.464 e. The molecule has 3 aliphatic rings. The maximum atomic E-state index is 13.1. The molecular formula is C99H207N5O26P6S6. The van der Waals surface area contributed by atoms with Gasteiger partial charge < -0.3 is 38.5 Å². The number of nitrogens with zero attached hydrogens (tertiary/aromatic N) is 5. The van der Waals surface area contributed by atoms with Crippen LogP contribution in [-0.2, 0) is 120 Å². The molecule has 0 amide bonds. The van der Waals surface area contributed by atoms with Gasteiger partial charge >= 0.3 is 64.7 Å². The molecule has 31 nitrogen and oxygen atoms in total. The van der Waals surface area contributed by atoms with Crippen molar-refractivity contribution in [1.29, 1.82) is 0 Å². The fraction of sp³-hybridized carbons (Fsp3) is 0.960. The molecule has 0 N–H and O–H groups in total. The van der Waals surface area contributed by atoms with Crippen molar-refractivity contribution in [2.24, 2.45) is 21.7 Å². The Morgan fingerprint density at radius 2 is 0.423 bits per heavy atom. The number of rotatable bonds is 45. The molecular weight excluding hydrogens is 2050 g/mol. The number of hydrogen-bond donors (Lipinski definition) is 0. The SMILES string of the molecule is CC(C)(C)OP(=O)(OC(C)(C)C)SCCOC(=O)C(C)(C)C.CC(C)(C)OP(=O)(OC(C)(C)C)SCCOC(=O)C(C)(C)CCN1CCCCC1.CC(C)(C)OP(=O)(OC(C)(C)C)SCOC(=O)C(C)(C)CCN1CCCCC1.CC(C)(C)OP(=O)(OC(C)(C)C)SCOC(=O)C(C)(C)CCN1CCCCC1.CN(C)CCSP(=O)(OC(C)(C)C)OC(C)(C)C.CN(C)CSP(=O)(OC(C)(C)C)OC(C)(C)C. The Bertz CT molecular complexity index is 3690. The Labute approximate surface area is 890 Å². The number of piperidine rings is 3. The third kappa shape index (κ3) is 83.2. The van der Waals surface area contributed by atoms with Gasteiger partial charge in [-0.25, -0.2) is 27.4 Å². The lowest BCUT2D eigenvalue weighted by molar-refractivity contribution is -0.154. The zero-order valence-corrected chi connectivity index (χ0v) is 108. The van der Waals surface area contributed by atoms with Gasteiger partial charge in [-0.05, 0) is 502 Å². The van der Waals surface area contributed by atoms with Crippen LogP contribution < -0.4 is 0 Å². The summed E-state index contributed by atoms with van der Waals surface area (Å²) in [6.45, 7) is 74.0. The maximum absolute atomic E-state index is 13.1. The fourth-order valence-corrected chi connectivity index (χ4v) is 37.9. The molecule has 142 heavy (non-hydrogen) atoms. The van der Waals surface area contributed by atoms with Crippen LogP contribution in [0.25, 0.3) is 0 Å². The van der Waals surface area contributed by atoms with Crippen LogP contribution in [-0.4, -0.2) is 257 Å². The van der Waals surface area contributed by atoms with Crippen LogP contribution in [0.4, 0.5) is 0 Å². The summed E-state index contributed by atoms with van der Waals surface area (Å²) in [5.41, 5.74) is -9.08. The highest BCUT2D eigenvalue weighted by Gasteiger charge is 2.45. The van der Waals surface area contributed by atoms with Crippen molar-refractivity contribution in [3.05, 3.63) is 0 Å². The average Bonchev–Trinajstić information content (AvgIpc) is 0.848. The van der Waals surface area contributed by atoms with E-state index in [1.165, 1.54) is 80.6 Å². The van der Waals surface area contributed by atoms with E-state index in [1.807, 2.05) is 329 Å². The fourth-order valence-electron chi connectivity index (χ4n) is 11.8. The molecule has 3 fully saturated rings. The normalized spacial score (nSPS) is 16.2. The molecule has 0 aliphatic carbocycles. The number of ether oxygens (including phenoxy) is 4. The molecule has 0 unspecified atom stereocenters. The van der Waals surface area contributed by atoms with E-state index in [1.54, 1.807) is 20.8 Å². The molecule has 0 saturated carbocycles. The van der Waals surface area contributed by atoms with Gasteiger partial charge in [0.25, 0.3) is 0 Å². The summed E-state index contributed by atoms with van der Waals surface area (Å²) in [7, 11) is 7.82. The van der Waals surface area contributed by atoms with E-state index in [0.29, 0.717) is 17.4 Å². The van der Waals surface area contributed by atoms with Crippen LogP contribution in [0.3, 0.4) is 0 Å². The molecule has 3 rings (SSSR count). The van der Waals surface area contributed by atoms with Crippen molar-refractivity contribution in [3.8, 4) is 0 Å². The van der Waals surface area contributed by atoms with Crippen molar-refractivity contribution in [3.63, 3.8) is 0 Å². The van der Waals surface area contributed by atoms with Crippen molar-refractivity contribution < 1.29 is 120 Å². The Kier molecular flexibility index (Phi) is 64.7. The lowest BCUT2D eigenvalue weighted by Crippen LogP contribution is -2.36. The molecule has 3 saturated heterocycles. The topological polar surface area (TPSA) is 335 Å². The predicted octanol–water partition coefficient (Wildman–Crippen LogP) is 30.7. The Hall–Kier alpha value is 0.680. The lowest BCUT2D eigenvalue weighted by Gasteiger charge is -2.32. The smallest absolute Gasteiger partial charge is 0.393 e. The Balaban J connectivity index is -0.00000165. The molecule has 0 aromatic carbocycles. The largest absolute Gasteiger partial charge is 0.464 e. The number of carbonyl (C=O) groups is 4. The zero-order valence-electron chi connectivity index (χ0n) is 98.2. The van der Waals surface area contributed by atoms with Crippen LogP contribution >= 0.6 is 109 Å². The second-order valence-corrected chi connectivity index (χ2v) is 75.0. The molecule has 0 bridgehead atoms. The number of esters is 4. The van der Waals surface area contributed by atoms with Gasteiger partial charge in [-0.3, -0.25) is 78.4 Å². The zero-order chi connectivity index (χ0) is 112. The summed E-state index contributed by atoms with van der Waals surface area (Å²) in [4.78, 5) is 60.6. The molecule has 0 aromatic rings. The quantitative estimate of drug-likeness (QED) is 0.0180. The molecule has 0 aromatic heterocycles. The first-order valence-corrected chi connectivity index (χ1v) is 69.0.